The maximum Gasteiger partial charge on any atom is 0.114 e. The van der Waals surface area contributed by atoms with E-state index < -0.39 is 4.75 Å². The second-order valence-corrected chi connectivity index (χ2v) is 11.8. The number of hydrogen-bond donors (Lipinski definition) is 0. The quantitative estimate of drug-likeness (QED) is 0.231. The highest BCUT2D eigenvalue weighted by Gasteiger charge is 2.46. The Morgan fingerprint density at radius 2 is 1.11 bits per heavy atom. The summed E-state index contributed by atoms with van der Waals surface area (Å²) in [4.78, 5) is 6.68. The fraction of sp³-hybridized carbons (Fsp3) is 0.139. The highest BCUT2D eigenvalue weighted by Crippen LogP contribution is 2.61. The molecule has 0 fully saturated rings. The Labute approximate surface area is 228 Å². The number of rotatable bonds is 2. The molecule has 0 bridgehead atoms. The van der Waals surface area contributed by atoms with E-state index in [1.807, 2.05) is 11.8 Å². The van der Waals surface area contributed by atoms with Crippen LogP contribution in [0.1, 0.15) is 39.2 Å². The second-order valence-electron chi connectivity index (χ2n) is 10.6. The zero-order valence-electron chi connectivity index (χ0n) is 22.2. The predicted octanol–water partition coefficient (Wildman–Crippen LogP) is 9.69. The van der Waals surface area contributed by atoms with E-state index in [4.69, 9.17) is 4.98 Å². The zero-order valence-corrected chi connectivity index (χ0v) is 23.0. The van der Waals surface area contributed by atoms with Crippen LogP contribution in [0.4, 0.5) is 0 Å². The number of hydrogen-bond acceptors (Lipinski definition) is 2. The highest BCUT2D eigenvalue weighted by atomic mass is 32.2. The Morgan fingerprint density at radius 3 is 1.71 bits per heavy atom. The Balaban J connectivity index is 1.72. The predicted molar refractivity (Wildman–Crippen MR) is 162 cm³/mol. The summed E-state index contributed by atoms with van der Waals surface area (Å²) in [5.74, 6) is 0. The second kappa shape index (κ2) is 8.58. The molecular formula is C36H29NS. The van der Waals surface area contributed by atoms with Crippen LogP contribution in [0, 0.1) is 27.7 Å². The molecule has 0 spiro atoms. The van der Waals surface area contributed by atoms with Crippen LogP contribution in [0.2, 0.25) is 0 Å². The van der Waals surface area contributed by atoms with Crippen LogP contribution in [-0.2, 0) is 4.75 Å². The number of aromatic nitrogens is 1. The van der Waals surface area contributed by atoms with Crippen molar-refractivity contribution in [1.82, 2.24) is 4.98 Å². The first-order chi connectivity index (χ1) is 18.5. The van der Waals surface area contributed by atoms with Crippen molar-refractivity contribution in [1.29, 1.82) is 0 Å². The van der Waals surface area contributed by atoms with Gasteiger partial charge in [0.1, 0.15) is 4.75 Å². The molecule has 0 aliphatic carbocycles. The molecule has 0 saturated carbocycles. The van der Waals surface area contributed by atoms with Gasteiger partial charge in [0.05, 0.1) is 5.69 Å². The first-order valence-electron chi connectivity index (χ1n) is 13.2. The molecule has 184 valence electrons. The average Bonchev–Trinajstić information content (AvgIpc) is 2.93. The van der Waals surface area contributed by atoms with Crippen molar-refractivity contribution in [3.05, 3.63) is 142 Å². The molecule has 0 radical (unpaired) electrons. The van der Waals surface area contributed by atoms with Crippen LogP contribution < -0.4 is 0 Å². The lowest BCUT2D eigenvalue weighted by Gasteiger charge is -2.41. The fourth-order valence-electron chi connectivity index (χ4n) is 6.22. The van der Waals surface area contributed by atoms with Gasteiger partial charge in [0.15, 0.2) is 0 Å². The van der Waals surface area contributed by atoms with Crippen molar-refractivity contribution in [2.75, 3.05) is 0 Å². The Kier molecular flexibility index (Phi) is 5.25. The summed E-state index contributed by atoms with van der Waals surface area (Å²) in [6, 6.07) is 38.3. The molecule has 38 heavy (non-hydrogen) atoms. The third-order valence-electron chi connectivity index (χ3n) is 8.10. The summed E-state index contributed by atoms with van der Waals surface area (Å²) in [5.41, 5.74) is 11.1. The van der Waals surface area contributed by atoms with Gasteiger partial charge >= 0.3 is 0 Å². The lowest BCUT2D eigenvalue weighted by atomic mass is 9.78. The van der Waals surface area contributed by atoms with Gasteiger partial charge in [-0.25, -0.2) is 0 Å². The standard InChI is InChI=1S/C36H29NS/c1-22-13-17-30-31-18-16-25(4)37-35(31)36(38-34(30)21-22,32-19-14-23(2)26-9-5-7-11-28(26)32)33-20-15-24(3)27-10-6-8-12-29(27)33/h5-21H,1-4H3. The molecule has 0 unspecified atom stereocenters. The summed E-state index contributed by atoms with van der Waals surface area (Å²) in [6.45, 7) is 8.72. The van der Waals surface area contributed by atoms with Gasteiger partial charge in [-0.15, -0.1) is 11.8 Å². The van der Waals surface area contributed by atoms with Crippen LogP contribution in [0.5, 0.6) is 0 Å². The largest absolute Gasteiger partial charge is 0.255 e. The molecule has 0 amide bonds. The van der Waals surface area contributed by atoms with Crippen molar-refractivity contribution in [3.63, 3.8) is 0 Å². The molecular weight excluding hydrogens is 478 g/mol. The van der Waals surface area contributed by atoms with E-state index in [0.717, 1.165) is 11.4 Å². The van der Waals surface area contributed by atoms with Crippen LogP contribution in [0.3, 0.4) is 0 Å². The van der Waals surface area contributed by atoms with Gasteiger partial charge in [0.25, 0.3) is 0 Å². The Morgan fingerprint density at radius 1 is 0.553 bits per heavy atom. The van der Waals surface area contributed by atoms with Crippen LogP contribution in [0.25, 0.3) is 32.7 Å². The topological polar surface area (TPSA) is 12.9 Å². The fourth-order valence-corrected chi connectivity index (χ4v) is 7.91. The number of pyridine rings is 1. The van der Waals surface area contributed by atoms with Gasteiger partial charge in [0, 0.05) is 16.2 Å². The molecule has 7 rings (SSSR count). The monoisotopic (exact) mass is 507 g/mol. The van der Waals surface area contributed by atoms with Gasteiger partial charge in [-0.2, -0.15) is 0 Å². The third kappa shape index (κ3) is 3.30. The molecule has 0 saturated heterocycles. The molecule has 0 N–H and O–H groups in total. The molecule has 0 atom stereocenters. The van der Waals surface area contributed by atoms with E-state index in [0.29, 0.717) is 0 Å². The highest BCUT2D eigenvalue weighted by molar-refractivity contribution is 8.01. The van der Waals surface area contributed by atoms with Gasteiger partial charge in [-0.05, 0) is 94.8 Å². The number of benzene rings is 5. The number of fused-ring (bicyclic) bond motifs is 5. The van der Waals surface area contributed by atoms with Crippen LogP contribution in [-0.4, -0.2) is 4.98 Å². The van der Waals surface area contributed by atoms with E-state index in [2.05, 4.69) is 131 Å². The van der Waals surface area contributed by atoms with Crippen LogP contribution >= 0.6 is 11.8 Å². The summed E-state index contributed by atoms with van der Waals surface area (Å²) in [6.07, 6.45) is 0. The normalized spacial score (nSPS) is 13.9. The molecule has 1 aliphatic rings. The molecule has 5 aromatic carbocycles. The minimum Gasteiger partial charge on any atom is -0.255 e. The molecule has 2 heteroatoms. The van der Waals surface area contributed by atoms with E-state index in [-0.39, 0.29) is 0 Å². The average molecular weight is 508 g/mol. The third-order valence-corrected chi connectivity index (χ3v) is 9.60. The van der Waals surface area contributed by atoms with E-state index >= 15 is 0 Å². The smallest absolute Gasteiger partial charge is 0.114 e. The van der Waals surface area contributed by atoms with Crippen molar-refractivity contribution in [3.8, 4) is 11.1 Å². The van der Waals surface area contributed by atoms with Gasteiger partial charge in [-0.3, -0.25) is 4.98 Å². The summed E-state index contributed by atoms with van der Waals surface area (Å²) in [7, 11) is 0. The molecule has 2 heterocycles. The number of aryl methyl sites for hydroxylation is 4. The van der Waals surface area contributed by atoms with E-state index in [9.17, 15) is 0 Å². The lowest BCUT2D eigenvalue weighted by molar-refractivity contribution is 0.848. The summed E-state index contributed by atoms with van der Waals surface area (Å²) in [5, 5.41) is 5.17. The van der Waals surface area contributed by atoms with Gasteiger partial charge < -0.3 is 0 Å². The van der Waals surface area contributed by atoms with Crippen molar-refractivity contribution in [2.24, 2.45) is 0 Å². The summed E-state index contributed by atoms with van der Waals surface area (Å²) >= 11 is 1.96. The zero-order chi connectivity index (χ0) is 26.0. The van der Waals surface area contributed by atoms with Gasteiger partial charge in [-0.1, -0.05) is 91.0 Å². The van der Waals surface area contributed by atoms with Crippen molar-refractivity contribution < 1.29 is 0 Å². The molecule has 1 aliphatic heterocycles. The minimum absolute atomic E-state index is 0.525. The van der Waals surface area contributed by atoms with Crippen LogP contribution in [0.15, 0.2) is 108 Å². The van der Waals surface area contributed by atoms with Crippen molar-refractivity contribution in [2.45, 2.75) is 37.3 Å². The van der Waals surface area contributed by atoms with E-state index in [1.54, 1.807) is 0 Å². The SMILES string of the molecule is Cc1ccc2c(c1)SC(c1ccc(C)c3ccccc13)(c1ccc(C)c3ccccc13)c1nc(C)ccc1-2. The maximum atomic E-state index is 5.38. The minimum atomic E-state index is -0.525. The Hall–Kier alpha value is -3.88. The first-order valence-corrected chi connectivity index (χ1v) is 14.0. The Bertz CT molecular complexity index is 1810. The molecule has 6 aromatic rings. The number of thioether (sulfide) groups is 1. The maximum absolute atomic E-state index is 5.38. The summed E-state index contributed by atoms with van der Waals surface area (Å²) < 4.78 is -0.525. The molecule has 1 nitrogen and oxygen atoms in total. The molecule has 1 aromatic heterocycles. The van der Waals surface area contributed by atoms with Crippen molar-refractivity contribution >= 4 is 33.3 Å². The van der Waals surface area contributed by atoms with Gasteiger partial charge in [0.2, 0.25) is 0 Å². The van der Waals surface area contributed by atoms with E-state index in [1.165, 1.54) is 65.4 Å². The number of nitrogens with zero attached hydrogens (tertiary/aromatic N) is 1. The lowest BCUT2D eigenvalue weighted by Crippen LogP contribution is -2.31. The first kappa shape index (κ1) is 23.3.